The number of rotatable bonds is 3. The quantitative estimate of drug-likeness (QED) is 0.674. The van der Waals surface area contributed by atoms with E-state index in [-0.39, 0.29) is 0 Å². The van der Waals surface area contributed by atoms with Crippen molar-refractivity contribution in [1.29, 1.82) is 5.26 Å². The molecule has 0 unspecified atom stereocenters. The third-order valence-electron chi connectivity index (χ3n) is 4.49. The Morgan fingerprint density at radius 2 is 1.68 bits per heavy atom. The van der Waals surface area contributed by atoms with Crippen LogP contribution in [0.5, 0.6) is 0 Å². The second-order valence-electron chi connectivity index (χ2n) is 6.24. The summed E-state index contributed by atoms with van der Waals surface area (Å²) in [7, 11) is 3.88. The van der Waals surface area contributed by atoms with E-state index in [1.165, 1.54) is 0 Å². The standard InChI is InChI=1S/C19H18N4O2/c1-22(2)14-8-6-13(7-9-14)16-15(12-20)18(24)21-19(25)17(16)23-10-4-3-5-11-23/h3-11,15-17H,1-2H3/p+1/t15-,16+,17-/m1/s1. The number of benzene rings is 1. The van der Waals surface area contributed by atoms with Gasteiger partial charge in [-0.2, -0.15) is 9.83 Å². The van der Waals surface area contributed by atoms with Gasteiger partial charge in [0.2, 0.25) is 11.9 Å². The fourth-order valence-corrected chi connectivity index (χ4v) is 3.21. The zero-order valence-corrected chi connectivity index (χ0v) is 14.1. The molecule has 6 nitrogen and oxygen atoms in total. The van der Waals surface area contributed by atoms with E-state index in [9.17, 15) is 14.9 Å². The highest BCUT2D eigenvalue weighted by Gasteiger charge is 2.50. The van der Waals surface area contributed by atoms with Crippen molar-refractivity contribution in [3.05, 3.63) is 60.4 Å². The largest absolute Gasteiger partial charge is 0.378 e. The van der Waals surface area contributed by atoms with E-state index in [4.69, 9.17) is 0 Å². The molecule has 0 bridgehead atoms. The molecule has 0 aliphatic carbocycles. The van der Waals surface area contributed by atoms with E-state index >= 15 is 0 Å². The Hall–Kier alpha value is -3.20. The van der Waals surface area contributed by atoms with Crippen molar-refractivity contribution < 1.29 is 14.2 Å². The molecule has 1 aromatic heterocycles. The maximum Gasteiger partial charge on any atom is 0.296 e. The summed E-state index contributed by atoms with van der Waals surface area (Å²) in [5.41, 5.74) is 1.80. The number of amides is 2. The molecule has 3 rings (SSSR count). The van der Waals surface area contributed by atoms with Crippen molar-refractivity contribution in [3.8, 4) is 6.07 Å². The Labute approximate surface area is 146 Å². The monoisotopic (exact) mass is 335 g/mol. The van der Waals surface area contributed by atoms with Crippen LogP contribution in [-0.2, 0) is 9.59 Å². The average molecular weight is 335 g/mol. The number of imide groups is 1. The molecular weight excluding hydrogens is 316 g/mol. The minimum absolute atomic E-state index is 0.394. The number of nitriles is 1. The van der Waals surface area contributed by atoms with Crippen LogP contribution in [0.15, 0.2) is 54.9 Å². The number of pyridine rings is 1. The summed E-state index contributed by atoms with van der Waals surface area (Å²) in [6.45, 7) is 0. The van der Waals surface area contributed by atoms with Gasteiger partial charge in [0.1, 0.15) is 5.92 Å². The van der Waals surface area contributed by atoms with Crippen molar-refractivity contribution in [1.82, 2.24) is 5.32 Å². The lowest BCUT2D eigenvalue weighted by Crippen LogP contribution is -2.59. The lowest BCUT2D eigenvalue weighted by molar-refractivity contribution is -0.713. The fourth-order valence-electron chi connectivity index (χ4n) is 3.21. The normalized spacial score (nSPS) is 22.8. The molecular formula is C19H19N4O2+. The van der Waals surface area contributed by atoms with Crippen LogP contribution >= 0.6 is 0 Å². The number of nitrogens with zero attached hydrogens (tertiary/aromatic N) is 3. The van der Waals surface area contributed by atoms with Crippen molar-refractivity contribution in [2.45, 2.75) is 12.0 Å². The predicted molar refractivity (Wildman–Crippen MR) is 91.4 cm³/mol. The summed E-state index contributed by atoms with van der Waals surface area (Å²) >= 11 is 0. The molecule has 25 heavy (non-hydrogen) atoms. The zero-order chi connectivity index (χ0) is 18.0. The summed E-state index contributed by atoms with van der Waals surface area (Å²) in [5.74, 6) is -2.41. The molecule has 2 amide bonds. The maximum absolute atomic E-state index is 12.6. The predicted octanol–water partition coefficient (Wildman–Crippen LogP) is 1.16. The van der Waals surface area contributed by atoms with Crippen molar-refractivity contribution in [3.63, 3.8) is 0 Å². The molecule has 126 valence electrons. The first-order valence-electron chi connectivity index (χ1n) is 8.00. The van der Waals surface area contributed by atoms with Crippen LogP contribution in [0, 0.1) is 17.2 Å². The number of aromatic nitrogens is 1. The topological polar surface area (TPSA) is 77.1 Å². The molecule has 0 radical (unpaired) electrons. The molecule has 0 spiro atoms. The van der Waals surface area contributed by atoms with Crippen molar-refractivity contribution >= 4 is 17.5 Å². The minimum Gasteiger partial charge on any atom is -0.378 e. The SMILES string of the molecule is CN(C)c1ccc([C@H]2[C@@H](C#N)C(=O)NC(=O)[C@@H]2[n+]2ccccc2)cc1. The van der Waals surface area contributed by atoms with Gasteiger partial charge < -0.3 is 4.90 Å². The van der Waals surface area contributed by atoms with Crippen LogP contribution in [0.4, 0.5) is 5.69 Å². The maximum atomic E-state index is 12.6. The summed E-state index contributed by atoms with van der Waals surface area (Å²) in [6, 6.07) is 14.5. The van der Waals surface area contributed by atoms with Gasteiger partial charge >= 0.3 is 0 Å². The van der Waals surface area contributed by atoms with Crippen LogP contribution in [0.2, 0.25) is 0 Å². The Kier molecular flexibility index (Phi) is 4.48. The first kappa shape index (κ1) is 16.7. The van der Waals surface area contributed by atoms with E-state index in [0.717, 1.165) is 11.3 Å². The van der Waals surface area contributed by atoms with E-state index in [1.54, 1.807) is 17.0 Å². The second-order valence-corrected chi connectivity index (χ2v) is 6.24. The fraction of sp³-hybridized carbons (Fsp3) is 0.263. The average Bonchev–Trinajstić information content (AvgIpc) is 2.62. The first-order valence-corrected chi connectivity index (χ1v) is 8.00. The minimum atomic E-state index is -0.930. The molecule has 6 heteroatoms. The van der Waals surface area contributed by atoms with Crippen molar-refractivity contribution in [2.24, 2.45) is 5.92 Å². The molecule has 2 aromatic rings. The van der Waals surface area contributed by atoms with Crippen LogP contribution in [0.3, 0.4) is 0 Å². The zero-order valence-electron chi connectivity index (χ0n) is 14.1. The number of anilines is 1. The summed E-state index contributed by atoms with van der Waals surface area (Å²) in [4.78, 5) is 26.7. The molecule has 2 heterocycles. The van der Waals surface area contributed by atoms with Gasteiger partial charge in [-0.25, -0.2) is 0 Å². The van der Waals surface area contributed by atoms with E-state index < -0.39 is 29.7 Å². The molecule has 1 saturated heterocycles. The van der Waals surface area contributed by atoms with Gasteiger partial charge in [0.25, 0.3) is 5.91 Å². The Morgan fingerprint density at radius 1 is 1.04 bits per heavy atom. The summed E-state index contributed by atoms with van der Waals surface area (Å²) in [5, 5.41) is 11.9. The van der Waals surface area contributed by atoms with Gasteiger partial charge in [-0.1, -0.05) is 18.2 Å². The smallest absolute Gasteiger partial charge is 0.296 e. The van der Waals surface area contributed by atoms with Crippen molar-refractivity contribution in [2.75, 3.05) is 19.0 Å². The van der Waals surface area contributed by atoms with E-state index in [0.29, 0.717) is 0 Å². The molecule has 0 saturated carbocycles. The molecule has 3 atom stereocenters. The number of hydrogen-bond acceptors (Lipinski definition) is 4. The lowest BCUT2D eigenvalue weighted by atomic mass is 9.77. The number of hydrogen-bond donors (Lipinski definition) is 1. The van der Waals surface area contributed by atoms with Crippen LogP contribution in [0.1, 0.15) is 17.5 Å². The number of carbonyl (C=O) groups excluding carboxylic acids is 2. The number of piperidine rings is 1. The van der Waals surface area contributed by atoms with Gasteiger partial charge in [0.15, 0.2) is 12.4 Å². The number of carbonyl (C=O) groups is 2. The second kappa shape index (κ2) is 6.73. The van der Waals surface area contributed by atoms with E-state index in [1.807, 2.05) is 61.5 Å². The van der Waals surface area contributed by atoms with Gasteiger partial charge in [0.05, 0.1) is 12.0 Å². The number of nitrogens with one attached hydrogen (secondary N) is 1. The third-order valence-corrected chi connectivity index (χ3v) is 4.49. The van der Waals surface area contributed by atoms with E-state index in [2.05, 4.69) is 11.4 Å². The van der Waals surface area contributed by atoms with Gasteiger partial charge in [-0.15, -0.1) is 0 Å². The lowest BCUT2D eigenvalue weighted by Gasteiger charge is -2.30. The third kappa shape index (κ3) is 3.09. The highest BCUT2D eigenvalue weighted by atomic mass is 16.2. The van der Waals surface area contributed by atoms with Crippen LogP contribution < -0.4 is 14.8 Å². The molecule has 1 aromatic carbocycles. The molecule has 1 fully saturated rings. The Bertz CT molecular complexity index is 825. The first-order chi connectivity index (χ1) is 12.0. The molecule has 1 N–H and O–H groups in total. The molecule has 1 aliphatic heterocycles. The summed E-state index contributed by atoms with van der Waals surface area (Å²) < 4.78 is 1.75. The van der Waals surface area contributed by atoms with Gasteiger partial charge in [-0.3, -0.25) is 14.9 Å². The van der Waals surface area contributed by atoms with Crippen LogP contribution in [0.25, 0.3) is 0 Å². The Morgan fingerprint density at radius 3 is 2.24 bits per heavy atom. The Balaban J connectivity index is 2.09. The molecule has 1 aliphatic rings. The highest BCUT2D eigenvalue weighted by Crippen LogP contribution is 2.36. The highest BCUT2D eigenvalue weighted by molar-refractivity contribution is 6.02. The summed E-state index contributed by atoms with van der Waals surface area (Å²) in [6.07, 6.45) is 3.55. The van der Waals surface area contributed by atoms with Gasteiger partial charge in [0, 0.05) is 31.9 Å². The van der Waals surface area contributed by atoms with Gasteiger partial charge in [-0.05, 0) is 17.7 Å². The van der Waals surface area contributed by atoms with Crippen LogP contribution in [-0.4, -0.2) is 25.9 Å².